The molecule has 2 rings (SSSR count). The molecule has 2 aromatic rings. The molecule has 0 atom stereocenters. The van der Waals surface area contributed by atoms with Crippen molar-refractivity contribution in [1.29, 1.82) is 10.5 Å². The summed E-state index contributed by atoms with van der Waals surface area (Å²) in [6.07, 6.45) is 0. The summed E-state index contributed by atoms with van der Waals surface area (Å²) in [5, 5.41) is 18.3. The van der Waals surface area contributed by atoms with Crippen molar-refractivity contribution < 1.29 is 0 Å². The monoisotopic (exact) mass is 218 g/mol. The number of hydrogen-bond donors (Lipinski definition) is 0. The lowest BCUT2D eigenvalue weighted by atomic mass is 9.92. The predicted octanol–water partition coefficient (Wildman–Crippen LogP) is 3.41. The molecule has 0 aliphatic carbocycles. The van der Waals surface area contributed by atoms with Crippen LogP contribution in [-0.4, -0.2) is 0 Å². The van der Waals surface area contributed by atoms with Gasteiger partial charge in [-0.2, -0.15) is 10.5 Å². The SMILES string of the molecule is Cc1ccccc1-c1c(C#N)cccc1C#N. The molecule has 0 aromatic heterocycles. The van der Waals surface area contributed by atoms with Gasteiger partial charge >= 0.3 is 0 Å². The Hall–Kier alpha value is -2.58. The second-order valence-corrected chi connectivity index (χ2v) is 3.77. The van der Waals surface area contributed by atoms with E-state index in [1.165, 1.54) is 0 Å². The third-order valence-corrected chi connectivity index (χ3v) is 2.72. The smallest absolute Gasteiger partial charge is 0.0998 e. The molecule has 2 heteroatoms. The Bertz CT molecular complexity index is 610. The van der Waals surface area contributed by atoms with Crippen LogP contribution in [0.4, 0.5) is 0 Å². The minimum absolute atomic E-state index is 0.540. The number of benzene rings is 2. The number of aryl methyl sites for hydroxylation is 1. The minimum atomic E-state index is 0.540. The summed E-state index contributed by atoms with van der Waals surface area (Å²) in [7, 11) is 0. The summed E-state index contributed by atoms with van der Waals surface area (Å²) >= 11 is 0. The quantitative estimate of drug-likeness (QED) is 0.736. The third kappa shape index (κ3) is 1.89. The van der Waals surface area contributed by atoms with E-state index < -0.39 is 0 Å². The van der Waals surface area contributed by atoms with Gasteiger partial charge in [0.05, 0.1) is 23.3 Å². The summed E-state index contributed by atoms with van der Waals surface area (Å²) in [6.45, 7) is 1.98. The van der Waals surface area contributed by atoms with E-state index in [0.29, 0.717) is 11.1 Å². The van der Waals surface area contributed by atoms with Crippen LogP contribution in [-0.2, 0) is 0 Å². The zero-order chi connectivity index (χ0) is 12.3. The molecule has 0 unspecified atom stereocenters. The first-order valence-corrected chi connectivity index (χ1v) is 5.27. The Morgan fingerprint density at radius 2 is 1.41 bits per heavy atom. The Morgan fingerprint density at radius 1 is 0.824 bits per heavy atom. The van der Waals surface area contributed by atoms with Crippen molar-refractivity contribution in [2.75, 3.05) is 0 Å². The van der Waals surface area contributed by atoms with Crippen LogP contribution in [0.3, 0.4) is 0 Å². The zero-order valence-electron chi connectivity index (χ0n) is 9.44. The van der Waals surface area contributed by atoms with Gasteiger partial charge in [0, 0.05) is 5.56 Å². The van der Waals surface area contributed by atoms with E-state index in [-0.39, 0.29) is 0 Å². The Kier molecular flexibility index (Phi) is 2.90. The fourth-order valence-corrected chi connectivity index (χ4v) is 1.88. The number of rotatable bonds is 1. The van der Waals surface area contributed by atoms with Gasteiger partial charge in [0.2, 0.25) is 0 Å². The topological polar surface area (TPSA) is 47.6 Å². The fourth-order valence-electron chi connectivity index (χ4n) is 1.88. The maximum Gasteiger partial charge on any atom is 0.0998 e. The fraction of sp³-hybridized carbons (Fsp3) is 0.0667. The Morgan fingerprint density at radius 3 is 1.94 bits per heavy atom. The van der Waals surface area contributed by atoms with Gasteiger partial charge in [-0.25, -0.2) is 0 Å². The molecule has 0 amide bonds. The van der Waals surface area contributed by atoms with E-state index in [9.17, 15) is 0 Å². The second-order valence-electron chi connectivity index (χ2n) is 3.77. The van der Waals surface area contributed by atoms with Crippen LogP contribution in [0.2, 0.25) is 0 Å². The first kappa shape index (κ1) is 10.9. The van der Waals surface area contributed by atoms with Crippen molar-refractivity contribution in [3.63, 3.8) is 0 Å². The summed E-state index contributed by atoms with van der Waals surface area (Å²) in [6, 6.07) is 17.3. The standard InChI is InChI=1S/C15H10N2/c1-11-5-2-3-8-14(11)15-12(9-16)6-4-7-13(15)10-17/h2-8H,1H3. The maximum absolute atomic E-state index is 9.13. The van der Waals surface area contributed by atoms with Gasteiger partial charge in [-0.1, -0.05) is 30.3 Å². The molecule has 0 fully saturated rings. The van der Waals surface area contributed by atoms with Crippen molar-refractivity contribution in [2.45, 2.75) is 6.92 Å². The molecular formula is C15H10N2. The van der Waals surface area contributed by atoms with E-state index in [1.54, 1.807) is 18.2 Å². The minimum Gasteiger partial charge on any atom is -0.192 e. The highest BCUT2D eigenvalue weighted by atomic mass is 14.3. The van der Waals surface area contributed by atoms with Crippen molar-refractivity contribution >= 4 is 0 Å². The van der Waals surface area contributed by atoms with Crippen molar-refractivity contribution in [3.05, 3.63) is 59.2 Å². The molecule has 0 spiro atoms. The largest absolute Gasteiger partial charge is 0.192 e. The van der Waals surface area contributed by atoms with Gasteiger partial charge in [-0.15, -0.1) is 0 Å². The summed E-state index contributed by atoms with van der Waals surface area (Å²) in [4.78, 5) is 0. The molecule has 0 N–H and O–H groups in total. The van der Waals surface area contributed by atoms with Crippen LogP contribution in [0.1, 0.15) is 16.7 Å². The molecule has 80 valence electrons. The molecule has 0 aliphatic heterocycles. The van der Waals surface area contributed by atoms with Gasteiger partial charge in [0.1, 0.15) is 0 Å². The van der Waals surface area contributed by atoms with Gasteiger partial charge in [0.15, 0.2) is 0 Å². The van der Waals surface area contributed by atoms with E-state index in [4.69, 9.17) is 10.5 Å². The van der Waals surface area contributed by atoms with Crippen LogP contribution < -0.4 is 0 Å². The van der Waals surface area contributed by atoms with Crippen LogP contribution in [0.5, 0.6) is 0 Å². The summed E-state index contributed by atoms with van der Waals surface area (Å²) in [5.41, 5.74) is 3.82. The molecule has 0 heterocycles. The normalized spacial score (nSPS) is 9.35. The third-order valence-electron chi connectivity index (χ3n) is 2.72. The average molecular weight is 218 g/mol. The average Bonchev–Trinajstić information content (AvgIpc) is 2.38. The highest BCUT2D eigenvalue weighted by Gasteiger charge is 2.11. The van der Waals surface area contributed by atoms with Gasteiger partial charge in [-0.05, 0) is 30.2 Å². The molecule has 0 bridgehead atoms. The number of nitrogens with zero attached hydrogens (tertiary/aromatic N) is 2. The molecular weight excluding hydrogens is 208 g/mol. The number of hydrogen-bond acceptors (Lipinski definition) is 2. The van der Waals surface area contributed by atoms with E-state index >= 15 is 0 Å². The van der Waals surface area contributed by atoms with Gasteiger partial charge < -0.3 is 0 Å². The lowest BCUT2D eigenvalue weighted by molar-refractivity contribution is 1.41. The highest BCUT2D eigenvalue weighted by Crippen LogP contribution is 2.29. The second kappa shape index (κ2) is 4.51. The van der Waals surface area contributed by atoms with Gasteiger partial charge in [0.25, 0.3) is 0 Å². The molecule has 0 saturated heterocycles. The summed E-state index contributed by atoms with van der Waals surface area (Å²) < 4.78 is 0. The molecule has 0 radical (unpaired) electrons. The lowest BCUT2D eigenvalue weighted by Crippen LogP contribution is -1.91. The first-order valence-electron chi connectivity index (χ1n) is 5.27. The molecule has 0 aliphatic rings. The van der Waals surface area contributed by atoms with E-state index in [1.807, 2.05) is 31.2 Å². The van der Waals surface area contributed by atoms with Crippen molar-refractivity contribution in [3.8, 4) is 23.3 Å². The maximum atomic E-state index is 9.13. The zero-order valence-corrected chi connectivity index (χ0v) is 9.44. The summed E-state index contributed by atoms with van der Waals surface area (Å²) in [5.74, 6) is 0. The number of nitriles is 2. The van der Waals surface area contributed by atoms with Crippen molar-refractivity contribution in [1.82, 2.24) is 0 Å². The van der Waals surface area contributed by atoms with Crippen LogP contribution in [0.25, 0.3) is 11.1 Å². The van der Waals surface area contributed by atoms with Gasteiger partial charge in [-0.3, -0.25) is 0 Å². The molecule has 17 heavy (non-hydrogen) atoms. The van der Waals surface area contributed by atoms with E-state index in [0.717, 1.165) is 16.7 Å². The Labute approximate surface area is 100 Å². The first-order chi connectivity index (χ1) is 8.27. The van der Waals surface area contributed by atoms with Crippen LogP contribution in [0.15, 0.2) is 42.5 Å². The van der Waals surface area contributed by atoms with Crippen molar-refractivity contribution in [2.24, 2.45) is 0 Å². The van der Waals surface area contributed by atoms with E-state index in [2.05, 4.69) is 12.1 Å². The molecule has 2 aromatic carbocycles. The predicted molar refractivity (Wildman–Crippen MR) is 66.0 cm³/mol. The lowest BCUT2D eigenvalue weighted by Gasteiger charge is -2.09. The molecule has 2 nitrogen and oxygen atoms in total. The molecule has 0 saturated carbocycles. The van der Waals surface area contributed by atoms with Crippen LogP contribution >= 0.6 is 0 Å². The Balaban J connectivity index is 2.80. The highest BCUT2D eigenvalue weighted by molar-refractivity contribution is 5.78. The van der Waals surface area contributed by atoms with Crippen LogP contribution in [0, 0.1) is 29.6 Å².